The molecule has 2 aromatic heterocycles. The van der Waals surface area contributed by atoms with E-state index in [2.05, 4.69) is 30.1 Å². The maximum absolute atomic E-state index is 15.0. The van der Waals surface area contributed by atoms with Crippen LogP contribution in [0.3, 0.4) is 0 Å². The molecule has 45 heavy (non-hydrogen) atoms. The van der Waals surface area contributed by atoms with Crippen LogP contribution < -0.4 is 9.47 Å². The van der Waals surface area contributed by atoms with Gasteiger partial charge in [0, 0.05) is 56.0 Å². The van der Waals surface area contributed by atoms with Gasteiger partial charge in [-0.15, -0.1) is 12.6 Å². The fourth-order valence-electron chi connectivity index (χ4n) is 5.59. The molecule has 1 N–H and O–H groups in total. The van der Waals surface area contributed by atoms with Crippen molar-refractivity contribution in [1.82, 2.24) is 24.4 Å². The fourth-order valence-corrected chi connectivity index (χ4v) is 6.60. The molecule has 2 fully saturated rings. The van der Waals surface area contributed by atoms with Gasteiger partial charge in [0.25, 0.3) is 0 Å². The van der Waals surface area contributed by atoms with Crippen LogP contribution in [0.4, 0.5) is 13.2 Å². The monoisotopic (exact) mass is 656 g/mol. The van der Waals surface area contributed by atoms with Gasteiger partial charge in [0.1, 0.15) is 23.8 Å². The van der Waals surface area contributed by atoms with Crippen LogP contribution in [0, 0.1) is 17.5 Å². The summed E-state index contributed by atoms with van der Waals surface area (Å²) in [5, 5.41) is 9.53. The molecule has 0 bridgehead atoms. The van der Waals surface area contributed by atoms with Gasteiger partial charge in [-0.05, 0) is 37.6 Å². The predicted octanol–water partition coefficient (Wildman–Crippen LogP) is 4.67. The summed E-state index contributed by atoms with van der Waals surface area (Å²) in [6.45, 7) is 3.42. The number of nitrogens with zero attached hydrogens (tertiary/aromatic N) is 5. The van der Waals surface area contributed by atoms with E-state index in [9.17, 15) is 18.7 Å². The molecular weight excluding hydrogens is 628 g/mol. The zero-order valence-electron chi connectivity index (χ0n) is 24.1. The van der Waals surface area contributed by atoms with E-state index < -0.39 is 28.4 Å². The number of hydrogen-bond acceptors (Lipinski definition) is 9. The van der Waals surface area contributed by atoms with Gasteiger partial charge >= 0.3 is 5.97 Å². The van der Waals surface area contributed by atoms with Crippen molar-refractivity contribution in [2.45, 2.75) is 62.1 Å². The molecule has 0 amide bonds. The predicted molar refractivity (Wildman–Crippen MR) is 160 cm³/mol. The van der Waals surface area contributed by atoms with Crippen molar-refractivity contribution < 1.29 is 37.3 Å². The van der Waals surface area contributed by atoms with E-state index >= 15 is 4.39 Å². The van der Waals surface area contributed by atoms with Crippen molar-refractivity contribution in [2.75, 3.05) is 13.2 Å². The van der Waals surface area contributed by atoms with E-state index in [1.54, 1.807) is 6.07 Å². The summed E-state index contributed by atoms with van der Waals surface area (Å²) in [5.41, 5.74) is -0.0587. The number of aromatic carboxylic acids is 1. The Morgan fingerprint density at radius 1 is 1.22 bits per heavy atom. The number of likely N-dealkylation sites (tertiary alicyclic amines) is 1. The van der Waals surface area contributed by atoms with Crippen molar-refractivity contribution >= 4 is 39.9 Å². The topological polar surface area (TPSA) is 112 Å². The minimum atomic E-state index is -1.23. The number of hydrogen-bond donors (Lipinski definition) is 2. The second-order valence-corrected chi connectivity index (χ2v) is 12.6. The summed E-state index contributed by atoms with van der Waals surface area (Å²) in [6.07, 6.45) is 3.16. The molecule has 6 rings (SSSR count). The molecule has 0 unspecified atom stereocenters. The van der Waals surface area contributed by atoms with Gasteiger partial charge in [0.15, 0.2) is 28.1 Å². The first kappa shape index (κ1) is 31.3. The Balaban J connectivity index is 1.16. The average molecular weight is 657 g/mol. The SMILES string of the molecule is C[C@H]1C[C@](S)(Oc2ccnc(COc3ccc(F)cc3F)n2)CCN1Cc1nc2c(F)cc(C(=O)O)cc2n1[C@H]([Si])[C@@H]1CCO1. The van der Waals surface area contributed by atoms with Gasteiger partial charge in [-0.2, -0.15) is 4.98 Å². The molecule has 4 heterocycles. The molecule has 0 aliphatic carbocycles. The van der Waals surface area contributed by atoms with Crippen molar-refractivity contribution in [3.8, 4) is 11.6 Å². The Morgan fingerprint density at radius 3 is 2.71 bits per heavy atom. The molecule has 2 aliphatic heterocycles. The summed E-state index contributed by atoms with van der Waals surface area (Å²) in [4.78, 5) is 26.1. The van der Waals surface area contributed by atoms with Crippen molar-refractivity contribution in [2.24, 2.45) is 0 Å². The second-order valence-electron chi connectivity index (χ2n) is 11.2. The first-order valence-electron chi connectivity index (χ1n) is 14.3. The Labute approximate surface area is 265 Å². The molecule has 2 saturated heterocycles. The Hall–Kier alpha value is -3.66. The van der Waals surface area contributed by atoms with Gasteiger partial charge in [0.2, 0.25) is 5.88 Å². The molecule has 4 aromatic rings. The fraction of sp³-hybridized carbons (Fsp3) is 0.400. The van der Waals surface area contributed by atoms with Crippen molar-refractivity contribution in [1.29, 1.82) is 0 Å². The zero-order chi connectivity index (χ0) is 31.9. The number of benzene rings is 2. The number of carboxylic acids is 1. The van der Waals surface area contributed by atoms with Crippen molar-refractivity contribution in [3.63, 3.8) is 0 Å². The summed E-state index contributed by atoms with van der Waals surface area (Å²) in [5.74, 6) is -2.50. The van der Waals surface area contributed by atoms with E-state index in [-0.39, 0.29) is 53.0 Å². The maximum atomic E-state index is 15.0. The molecule has 0 saturated carbocycles. The maximum Gasteiger partial charge on any atom is 0.335 e. The van der Waals surface area contributed by atoms with E-state index in [4.69, 9.17) is 26.8 Å². The number of aromatic nitrogens is 4. The van der Waals surface area contributed by atoms with Crippen LogP contribution in [-0.2, 0) is 17.9 Å². The summed E-state index contributed by atoms with van der Waals surface area (Å²) < 4.78 is 61.3. The van der Waals surface area contributed by atoms with E-state index in [1.165, 1.54) is 18.3 Å². The average Bonchev–Trinajstić information content (AvgIpc) is 3.32. The summed E-state index contributed by atoms with van der Waals surface area (Å²) >= 11 is 4.86. The first-order valence-corrected chi connectivity index (χ1v) is 15.3. The van der Waals surface area contributed by atoms with Crippen molar-refractivity contribution in [3.05, 3.63) is 77.3 Å². The number of rotatable bonds is 10. The molecular formula is C30H29F3N5O5SSi. The van der Waals surface area contributed by atoms with E-state index in [0.717, 1.165) is 24.6 Å². The Morgan fingerprint density at radius 2 is 2.02 bits per heavy atom. The lowest BCUT2D eigenvalue weighted by Gasteiger charge is -2.42. The number of halogens is 3. The Bertz CT molecular complexity index is 1740. The van der Waals surface area contributed by atoms with Crippen LogP contribution in [0.25, 0.3) is 11.0 Å². The molecule has 235 valence electrons. The van der Waals surface area contributed by atoms with E-state index in [0.29, 0.717) is 43.9 Å². The largest absolute Gasteiger partial charge is 0.483 e. The summed E-state index contributed by atoms with van der Waals surface area (Å²) in [6, 6.07) is 7.00. The van der Waals surface area contributed by atoms with E-state index in [1.807, 2.05) is 11.5 Å². The molecule has 10 nitrogen and oxygen atoms in total. The highest BCUT2D eigenvalue weighted by Gasteiger charge is 2.39. The van der Waals surface area contributed by atoms with Gasteiger partial charge in [-0.3, -0.25) is 4.90 Å². The third-order valence-electron chi connectivity index (χ3n) is 8.03. The third-order valence-corrected chi connectivity index (χ3v) is 9.16. The zero-order valence-corrected chi connectivity index (χ0v) is 26.0. The molecule has 2 aliphatic rings. The van der Waals surface area contributed by atoms with Gasteiger partial charge in [-0.25, -0.2) is 27.9 Å². The molecule has 0 spiro atoms. The van der Waals surface area contributed by atoms with Gasteiger partial charge in [0.05, 0.1) is 34.0 Å². The van der Waals surface area contributed by atoms with Gasteiger partial charge in [-0.1, -0.05) is 0 Å². The van der Waals surface area contributed by atoms with Crippen LogP contribution in [0.2, 0.25) is 0 Å². The Kier molecular flexibility index (Phi) is 8.78. The summed E-state index contributed by atoms with van der Waals surface area (Å²) in [7, 11) is 3.76. The first-order chi connectivity index (χ1) is 21.5. The number of thiol groups is 1. The minimum Gasteiger partial charge on any atom is -0.483 e. The number of imidazole rings is 1. The number of carbonyl (C=O) groups is 1. The number of piperidine rings is 1. The van der Waals surface area contributed by atoms with Crippen LogP contribution in [0.15, 0.2) is 42.6 Å². The normalized spacial score (nSPS) is 22.6. The van der Waals surface area contributed by atoms with Crippen LogP contribution >= 0.6 is 12.6 Å². The lowest BCUT2D eigenvalue weighted by atomic mass is 9.99. The third kappa shape index (κ3) is 6.66. The lowest BCUT2D eigenvalue weighted by Crippen LogP contribution is -2.49. The highest BCUT2D eigenvalue weighted by atomic mass is 32.1. The highest BCUT2D eigenvalue weighted by Crippen LogP contribution is 2.36. The molecule has 4 atom stereocenters. The lowest BCUT2D eigenvalue weighted by molar-refractivity contribution is -0.0634. The number of fused-ring (bicyclic) bond motifs is 1. The van der Waals surface area contributed by atoms with Crippen LogP contribution in [0.1, 0.15) is 53.9 Å². The minimum absolute atomic E-state index is 0.0388. The second kappa shape index (κ2) is 12.6. The molecule has 15 heteroatoms. The number of carboxylic acid groups (broad SMARTS) is 1. The van der Waals surface area contributed by atoms with Crippen LogP contribution in [0.5, 0.6) is 11.6 Å². The number of ether oxygens (including phenoxy) is 3. The molecule has 3 radical (unpaired) electrons. The molecule has 2 aromatic carbocycles. The quantitative estimate of drug-likeness (QED) is 0.143. The smallest absolute Gasteiger partial charge is 0.335 e. The highest BCUT2D eigenvalue weighted by molar-refractivity contribution is 7.81. The van der Waals surface area contributed by atoms with Gasteiger partial charge < -0.3 is 23.9 Å². The standard InChI is InChI=1S/C30H29F3N5O5SSi/c1-16-13-30(44,43-26-4-7-34-24(35-26)15-42-22-3-2-18(31)12-19(22)32)6-8-37(16)14-25-36-27-20(33)10-17(29(39)40)11-21(27)38(25)28(45)23-5-9-41-23/h2-4,7,10-12,16,23,28,44H,5-6,8-9,13-15H2,1H3,(H,39,40)/t16-,23-,28+,30-/m0/s1. The van der Waals surface area contributed by atoms with Crippen LogP contribution in [-0.4, -0.2) is 76.0 Å².